The van der Waals surface area contributed by atoms with Crippen LogP contribution in [0.4, 0.5) is 5.69 Å². The first-order chi connectivity index (χ1) is 10.7. The summed E-state index contributed by atoms with van der Waals surface area (Å²) >= 11 is 0. The van der Waals surface area contributed by atoms with Gasteiger partial charge in [-0.2, -0.15) is 0 Å². The number of fused-ring (bicyclic) bond motifs is 2. The molecule has 0 saturated carbocycles. The molecule has 0 atom stereocenters. The smallest absolute Gasteiger partial charge is 0.211 e. The van der Waals surface area contributed by atoms with Crippen LogP contribution in [0.5, 0.6) is 0 Å². The number of likely N-dealkylation sites (N-methyl/N-ethyl adjacent to an activating group) is 1. The van der Waals surface area contributed by atoms with Gasteiger partial charge in [0.1, 0.15) is 5.82 Å². The van der Waals surface area contributed by atoms with Gasteiger partial charge in [-0.3, -0.25) is 4.57 Å². The molecule has 114 valence electrons. The Morgan fingerprint density at radius 1 is 1.05 bits per heavy atom. The normalized spacial score (nSPS) is 18.5. The van der Waals surface area contributed by atoms with E-state index in [-0.39, 0.29) is 0 Å². The summed E-state index contributed by atoms with van der Waals surface area (Å²) in [7, 11) is 2.17. The molecule has 5 heteroatoms. The molecule has 0 aliphatic carbocycles. The fourth-order valence-electron chi connectivity index (χ4n) is 3.18. The number of imidazole rings is 1. The molecule has 1 fully saturated rings. The van der Waals surface area contributed by atoms with Crippen LogP contribution < -0.4 is 0 Å². The van der Waals surface area contributed by atoms with Gasteiger partial charge in [-0.05, 0) is 25.6 Å². The van der Waals surface area contributed by atoms with E-state index >= 15 is 0 Å². The average Bonchev–Trinajstić information content (AvgIpc) is 2.80. The first kappa shape index (κ1) is 13.5. The van der Waals surface area contributed by atoms with Gasteiger partial charge in [0.15, 0.2) is 0 Å². The maximum absolute atomic E-state index is 4.99. The maximum Gasteiger partial charge on any atom is 0.211 e. The third-order valence-electron chi connectivity index (χ3n) is 4.46. The monoisotopic (exact) mass is 295 g/mol. The summed E-state index contributed by atoms with van der Waals surface area (Å²) in [4.78, 5) is 14.4. The Kier molecular flexibility index (Phi) is 3.22. The van der Waals surface area contributed by atoms with E-state index in [1.54, 1.807) is 0 Å². The number of nitrogens with zero attached hydrogens (tertiary/aromatic N) is 5. The average molecular weight is 295 g/mol. The summed E-state index contributed by atoms with van der Waals surface area (Å²) < 4.78 is 2.18. The van der Waals surface area contributed by atoms with Gasteiger partial charge in [0.2, 0.25) is 5.96 Å². The number of aromatic nitrogens is 2. The van der Waals surface area contributed by atoms with Crippen molar-refractivity contribution in [1.82, 2.24) is 19.4 Å². The van der Waals surface area contributed by atoms with Crippen LogP contribution in [0.15, 0.2) is 35.5 Å². The topological polar surface area (TPSA) is 36.7 Å². The van der Waals surface area contributed by atoms with E-state index in [9.17, 15) is 0 Å². The summed E-state index contributed by atoms with van der Waals surface area (Å²) in [6, 6.07) is 8.39. The number of hydrogen-bond donors (Lipinski definition) is 0. The van der Waals surface area contributed by atoms with Crippen LogP contribution in [-0.2, 0) is 6.42 Å². The number of piperazine rings is 1. The summed E-state index contributed by atoms with van der Waals surface area (Å²) in [5.74, 6) is 2.11. The van der Waals surface area contributed by atoms with Crippen molar-refractivity contribution in [2.45, 2.75) is 13.3 Å². The molecule has 1 aromatic heterocycles. The quantitative estimate of drug-likeness (QED) is 0.744. The number of aryl methyl sites for hydroxylation is 1. The van der Waals surface area contributed by atoms with Crippen molar-refractivity contribution in [2.24, 2.45) is 4.99 Å². The molecule has 0 radical (unpaired) electrons. The van der Waals surface area contributed by atoms with Crippen LogP contribution in [0.2, 0.25) is 0 Å². The molecule has 4 rings (SSSR count). The van der Waals surface area contributed by atoms with Crippen LogP contribution in [0, 0.1) is 6.92 Å². The molecule has 2 aliphatic rings. The zero-order chi connectivity index (χ0) is 15.1. The molecule has 2 aromatic rings. The van der Waals surface area contributed by atoms with Gasteiger partial charge < -0.3 is 9.80 Å². The van der Waals surface area contributed by atoms with Crippen LogP contribution in [0.25, 0.3) is 0 Å². The highest BCUT2D eigenvalue weighted by Crippen LogP contribution is 2.26. The van der Waals surface area contributed by atoms with Crippen LogP contribution in [0.3, 0.4) is 0 Å². The van der Waals surface area contributed by atoms with Crippen molar-refractivity contribution < 1.29 is 0 Å². The molecule has 5 nitrogen and oxygen atoms in total. The van der Waals surface area contributed by atoms with E-state index in [1.165, 1.54) is 5.56 Å². The lowest BCUT2D eigenvalue weighted by Gasteiger charge is -2.34. The summed E-state index contributed by atoms with van der Waals surface area (Å²) in [5.41, 5.74) is 3.37. The second-order valence-corrected chi connectivity index (χ2v) is 6.18. The zero-order valence-electron chi connectivity index (χ0n) is 13.2. The molecule has 0 amide bonds. The minimum atomic E-state index is 0.838. The lowest BCUT2D eigenvalue weighted by atomic mass is 10.1. The summed E-state index contributed by atoms with van der Waals surface area (Å²) in [5, 5.41) is 0. The minimum absolute atomic E-state index is 0.838. The number of hydrogen-bond acceptors (Lipinski definition) is 4. The van der Waals surface area contributed by atoms with Crippen LogP contribution in [-0.4, -0.2) is 58.5 Å². The Hall–Kier alpha value is -2.14. The summed E-state index contributed by atoms with van der Waals surface area (Å²) in [6.07, 6.45) is 2.95. The minimum Gasteiger partial charge on any atom is -0.339 e. The highest BCUT2D eigenvalue weighted by Gasteiger charge is 2.24. The zero-order valence-corrected chi connectivity index (χ0v) is 13.2. The van der Waals surface area contributed by atoms with Gasteiger partial charge in [-0.25, -0.2) is 9.98 Å². The molecule has 0 N–H and O–H groups in total. The SMILES string of the molecule is Cc1cn2c(n1)Cc1ccccc1N=C2N1CCN(C)CC1. The fraction of sp³-hybridized carbons (Fsp3) is 0.412. The molecule has 0 unspecified atom stereocenters. The largest absolute Gasteiger partial charge is 0.339 e. The number of rotatable bonds is 0. The Morgan fingerprint density at radius 2 is 1.82 bits per heavy atom. The third-order valence-corrected chi connectivity index (χ3v) is 4.46. The standard InChI is InChI=1S/C17H21N5/c1-13-12-22-16(18-13)11-14-5-3-4-6-15(14)19-17(22)21-9-7-20(2)8-10-21/h3-6,12H,7-11H2,1-2H3. The van der Waals surface area contributed by atoms with Gasteiger partial charge >= 0.3 is 0 Å². The fourth-order valence-corrected chi connectivity index (χ4v) is 3.18. The highest BCUT2D eigenvalue weighted by molar-refractivity contribution is 5.87. The first-order valence-corrected chi connectivity index (χ1v) is 7.86. The molecule has 0 spiro atoms. The second-order valence-electron chi connectivity index (χ2n) is 6.18. The molecule has 1 aromatic carbocycles. The van der Waals surface area contributed by atoms with Crippen molar-refractivity contribution in [3.8, 4) is 0 Å². The predicted molar refractivity (Wildman–Crippen MR) is 87.8 cm³/mol. The van der Waals surface area contributed by atoms with E-state index in [0.717, 1.165) is 55.8 Å². The Bertz CT molecular complexity index is 722. The van der Waals surface area contributed by atoms with Gasteiger partial charge in [-0.15, -0.1) is 0 Å². The lowest BCUT2D eigenvalue weighted by molar-refractivity contribution is 0.212. The molecule has 2 aliphatic heterocycles. The van der Waals surface area contributed by atoms with E-state index in [2.05, 4.69) is 58.8 Å². The van der Waals surface area contributed by atoms with Crippen molar-refractivity contribution in [3.05, 3.63) is 47.5 Å². The molecule has 22 heavy (non-hydrogen) atoms. The van der Waals surface area contributed by atoms with E-state index in [1.807, 2.05) is 0 Å². The van der Waals surface area contributed by atoms with E-state index < -0.39 is 0 Å². The van der Waals surface area contributed by atoms with Gasteiger partial charge in [-0.1, -0.05) is 18.2 Å². The van der Waals surface area contributed by atoms with Crippen molar-refractivity contribution in [1.29, 1.82) is 0 Å². The molecule has 3 heterocycles. The third kappa shape index (κ3) is 2.31. The Balaban J connectivity index is 1.81. The van der Waals surface area contributed by atoms with Gasteiger partial charge in [0.25, 0.3) is 0 Å². The van der Waals surface area contributed by atoms with Gasteiger partial charge in [0.05, 0.1) is 11.4 Å². The maximum atomic E-state index is 4.99. The molecular formula is C17H21N5. The first-order valence-electron chi connectivity index (χ1n) is 7.86. The van der Waals surface area contributed by atoms with Crippen molar-refractivity contribution >= 4 is 11.6 Å². The Morgan fingerprint density at radius 3 is 2.64 bits per heavy atom. The number of aliphatic imine (C=N–C) groups is 1. The van der Waals surface area contributed by atoms with Crippen molar-refractivity contribution in [3.63, 3.8) is 0 Å². The predicted octanol–water partition coefficient (Wildman–Crippen LogP) is 1.88. The number of para-hydroxylation sites is 1. The molecule has 1 saturated heterocycles. The second kappa shape index (κ2) is 5.25. The lowest BCUT2D eigenvalue weighted by Crippen LogP contribution is -2.49. The van der Waals surface area contributed by atoms with Gasteiger partial charge in [0, 0.05) is 38.8 Å². The van der Waals surface area contributed by atoms with E-state index in [0.29, 0.717) is 0 Å². The number of benzene rings is 1. The molecular weight excluding hydrogens is 274 g/mol. The van der Waals surface area contributed by atoms with Crippen molar-refractivity contribution in [2.75, 3.05) is 33.2 Å². The van der Waals surface area contributed by atoms with E-state index in [4.69, 9.17) is 9.98 Å². The summed E-state index contributed by atoms with van der Waals surface area (Å²) in [6.45, 7) is 6.21. The molecule has 0 bridgehead atoms. The highest BCUT2D eigenvalue weighted by atomic mass is 15.4. The van der Waals surface area contributed by atoms with Crippen LogP contribution in [0.1, 0.15) is 17.1 Å². The van der Waals surface area contributed by atoms with Crippen LogP contribution >= 0.6 is 0 Å². The Labute approximate surface area is 130 Å².